The summed E-state index contributed by atoms with van der Waals surface area (Å²) in [6, 6.07) is 5.95. The second-order valence-corrected chi connectivity index (χ2v) is 12.8. The fraction of sp³-hybridized carbons (Fsp3) is 0.423. The van der Waals surface area contributed by atoms with Crippen molar-refractivity contribution in [1.82, 2.24) is 14.9 Å². The van der Waals surface area contributed by atoms with E-state index in [1.807, 2.05) is 0 Å². The molecule has 0 saturated carbocycles. The summed E-state index contributed by atoms with van der Waals surface area (Å²) < 4.78 is 35.2. The molecule has 0 bridgehead atoms. The molecular formula is C26H31N3O7S. The highest BCUT2D eigenvalue weighted by Crippen LogP contribution is 2.23. The highest BCUT2D eigenvalue weighted by Gasteiger charge is 2.38. The largest absolute Gasteiger partial charge is 0.443 e. The summed E-state index contributed by atoms with van der Waals surface area (Å²) in [5, 5.41) is -0.589. The van der Waals surface area contributed by atoms with Gasteiger partial charge in [-0.3, -0.25) is 4.79 Å². The summed E-state index contributed by atoms with van der Waals surface area (Å²) in [6.07, 6.45) is 4.27. The molecule has 2 rings (SSSR count). The maximum Gasteiger partial charge on any atom is 0.427 e. The standard InChI is InChI=1S/C26H31N3O7S/c1-10-19-21(22(30)29(23(31)35-25(4,5)6)24(32)36-26(7,8)9)27-15-20(28-19)17-11-13-18(14-12-17)37(33,34)16(2)3/h1,11-16H,2-9H3. The van der Waals surface area contributed by atoms with Crippen LogP contribution in [0.15, 0.2) is 35.4 Å². The summed E-state index contributed by atoms with van der Waals surface area (Å²) in [6.45, 7) is 12.6. The van der Waals surface area contributed by atoms with Crippen LogP contribution in [0.25, 0.3) is 11.3 Å². The van der Waals surface area contributed by atoms with Crippen LogP contribution in [0, 0.1) is 12.3 Å². The van der Waals surface area contributed by atoms with Gasteiger partial charge in [-0.05, 0) is 73.4 Å². The van der Waals surface area contributed by atoms with Crippen LogP contribution < -0.4 is 0 Å². The molecule has 198 valence electrons. The third-order valence-electron chi connectivity index (χ3n) is 4.57. The maximum atomic E-state index is 13.3. The van der Waals surface area contributed by atoms with Gasteiger partial charge in [0.2, 0.25) is 0 Å². The number of hydrogen-bond donors (Lipinski definition) is 0. The monoisotopic (exact) mass is 529 g/mol. The molecule has 0 saturated heterocycles. The predicted molar refractivity (Wildman–Crippen MR) is 136 cm³/mol. The Hall–Kier alpha value is -3.78. The summed E-state index contributed by atoms with van der Waals surface area (Å²) in [7, 11) is -3.46. The molecule has 1 aromatic heterocycles. The SMILES string of the molecule is C#Cc1nc(-c2ccc(S(=O)(=O)C(C)C)cc2)cnc1C(=O)N(C(=O)OC(C)(C)C)C(=O)OC(C)(C)C. The molecule has 0 spiro atoms. The molecule has 10 nitrogen and oxygen atoms in total. The average molecular weight is 530 g/mol. The van der Waals surface area contributed by atoms with Crippen molar-refractivity contribution in [3.8, 4) is 23.6 Å². The fourth-order valence-electron chi connectivity index (χ4n) is 2.83. The summed E-state index contributed by atoms with van der Waals surface area (Å²) in [5.41, 5.74) is -1.98. The summed E-state index contributed by atoms with van der Waals surface area (Å²) in [4.78, 5) is 47.5. The molecule has 0 N–H and O–H groups in total. The molecule has 0 aliphatic carbocycles. The van der Waals surface area contributed by atoms with Crippen LogP contribution in [0.1, 0.15) is 71.6 Å². The number of imide groups is 3. The Labute approximate surface area is 217 Å². The predicted octanol–water partition coefficient (Wildman–Crippen LogP) is 4.62. The number of aromatic nitrogens is 2. The first-order valence-corrected chi connectivity index (χ1v) is 12.9. The van der Waals surface area contributed by atoms with Crippen LogP contribution in [0.2, 0.25) is 0 Å². The summed E-state index contributed by atoms with van der Waals surface area (Å²) in [5.74, 6) is 1.07. The van der Waals surface area contributed by atoms with E-state index in [4.69, 9.17) is 15.9 Å². The van der Waals surface area contributed by atoms with Gasteiger partial charge in [-0.25, -0.2) is 28.0 Å². The van der Waals surface area contributed by atoms with E-state index in [1.165, 1.54) is 30.5 Å². The number of amides is 3. The Morgan fingerprint density at radius 3 is 1.84 bits per heavy atom. The van der Waals surface area contributed by atoms with Gasteiger partial charge in [0.1, 0.15) is 16.9 Å². The van der Waals surface area contributed by atoms with Gasteiger partial charge in [0.05, 0.1) is 22.0 Å². The van der Waals surface area contributed by atoms with Crippen molar-refractivity contribution in [2.75, 3.05) is 0 Å². The molecule has 1 aromatic carbocycles. The van der Waals surface area contributed by atoms with Crippen molar-refractivity contribution >= 4 is 27.9 Å². The topological polar surface area (TPSA) is 133 Å². The molecule has 37 heavy (non-hydrogen) atoms. The minimum atomic E-state index is -3.46. The lowest BCUT2D eigenvalue weighted by atomic mass is 10.1. The highest BCUT2D eigenvalue weighted by molar-refractivity contribution is 7.92. The minimum Gasteiger partial charge on any atom is -0.443 e. The number of carbonyl (C=O) groups is 3. The van der Waals surface area contributed by atoms with E-state index in [2.05, 4.69) is 15.9 Å². The quantitative estimate of drug-likeness (QED) is 0.520. The van der Waals surface area contributed by atoms with Crippen molar-refractivity contribution in [2.24, 2.45) is 0 Å². The Morgan fingerprint density at radius 2 is 1.43 bits per heavy atom. The third kappa shape index (κ3) is 7.36. The van der Waals surface area contributed by atoms with Crippen LogP contribution in [-0.2, 0) is 19.3 Å². The smallest absolute Gasteiger partial charge is 0.427 e. The van der Waals surface area contributed by atoms with Gasteiger partial charge < -0.3 is 9.47 Å². The maximum absolute atomic E-state index is 13.3. The molecule has 0 radical (unpaired) electrons. The van der Waals surface area contributed by atoms with E-state index in [9.17, 15) is 22.8 Å². The minimum absolute atomic E-state index is 0.147. The van der Waals surface area contributed by atoms with Gasteiger partial charge in [-0.2, -0.15) is 0 Å². The van der Waals surface area contributed by atoms with Crippen molar-refractivity contribution in [3.63, 3.8) is 0 Å². The second-order valence-electron chi connectivity index (χ2n) is 10.3. The van der Waals surface area contributed by atoms with Crippen molar-refractivity contribution in [2.45, 2.75) is 76.7 Å². The number of terminal acetylenes is 1. The van der Waals surface area contributed by atoms with Crippen LogP contribution in [-0.4, -0.2) is 57.8 Å². The number of sulfone groups is 1. The highest BCUT2D eigenvalue weighted by atomic mass is 32.2. The third-order valence-corrected chi connectivity index (χ3v) is 6.74. The van der Waals surface area contributed by atoms with Crippen molar-refractivity contribution in [3.05, 3.63) is 41.9 Å². The zero-order valence-corrected chi connectivity index (χ0v) is 23.0. The van der Waals surface area contributed by atoms with E-state index >= 15 is 0 Å². The van der Waals surface area contributed by atoms with Gasteiger partial charge in [0.15, 0.2) is 15.5 Å². The zero-order chi connectivity index (χ0) is 28.3. The van der Waals surface area contributed by atoms with Crippen LogP contribution in [0.5, 0.6) is 0 Å². The molecule has 11 heteroatoms. The number of carbonyl (C=O) groups excluding carboxylic acids is 3. The van der Waals surface area contributed by atoms with Crippen molar-refractivity contribution in [1.29, 1.82) is 0 Å². The first kappa shape index (κ1) is 29.5. The first-order chi connectivity index (χ1) is 16.9. The molecule has 3 amide bonds. The Morgan fingerprint density at radius 1 is 0.946 bits per heavy atom. The average Bonchev–Trinajstić information content (AvgIpc) is 2.76. The van der Waals surface area contributed by atoms with Crippen molar-refractivity contribution < 1.29 is 32.3 Å². The number of ether oxygens (including phenoxy) is 2. The normalized spacial score (nSPS) is 12.0. The van der Waals surface area contributed by atoms with Gasteiger partial charge in [0, 0.05) is 5.56 Å². The molecule has 0 atom stereocenters. The van der Waals surface area contributed by atoms with Crippen LogP contribution >= 0.6 is 0 Å². The molecule has 1 heterocycles. The Balaban J connectivity index is 2.50. The number of hydrogen-bond acceptors (Lipinski definition) is 9. The Bertz CT molecular complexity index is 1320. The second kappa shape index (κ2) is 10.7. The number of benzene rings is 1. The van der Waals surface area contributed by atoms with Crippen LogP contribution in [0.4, 0.5) is 9.59 Å². The molecule has 0 aliphatic heterocycles. The van der Waals surface area contributed by atoms with Gasteiger partial charge >= 0.3 is 12.2 Å². The van der Waals surface area contributed by atoms with E-state index in [1.54, 1.807) is 55.4 Å². The van der Waals surface area contributed by atoms with Crippen LogP contribution in [0.3, 0.4) is 0 Å². The van der Waals surface area contributed by atoms with E-state index in [-0.39, 0.29) is 21.2 Å². The molecule has 2 aromatic rings. The summed E-state index contributed by atoms with van der Waals surface area (Å²) >= 11 is 0. The number of rotatable bonds is 4. The molecule has 0 aliphatic rings. The Kier molecular flexibility index (Phi) is 8.50. The van der Waals surface area contributed by atoms with Gasteiger partial charge in [-0.15, -0.1) is 11.3 Å². The number of nitrogens with zero attached hydrogens (tertiary/aromatic N) is 3. The molecule has 0 unspecified atom stereocenters. The first-order valence-electron chi connectivity index (χ1n) is 11.4. The lowest BCUT2D eigenvalue weighted by molar-refractivity contribution is 0.00380. The zero-order valence-electron chi connectivity index (χ0n) is 22.1. The van der Waals surface area contributed by atoms with E-state index in [0.717, 1.165) is 0 Å². The van der Waals surface area contributed by atoms with E-state index in [0.29, 0.717) is 5.56 Å². The lowest BCUT2D eigenvalue weighted by Gasteiger charge is -2.27. The lowest BCUT2D eigenvalue weighted by Crippen LogP contribution is -2.47. The molecular weight excluding hydrogens is 498 g/mol. The van der Waals surface area contributed by atoms with Gasteiger partial charge in [0.25, 0.3) is 5.91 Å². The fourth-order valence-corrected chi connectivity index (χ4v) is 3.89. The van der Waals surface area contributed by atoms with E-state index < -0.39 is 50.1 Å². The van der Waals surface area contributed by atoms with Gasteiger partial charge in [-0.1, -0.05) is 12.1 Å². The molecule has 0 fully saturated rings.